The summed E-state index contributed by atoms with van der Waals surface area (Å²) in [5.41, 5.74) is 3.02. The molecular weight excluding hydrogens is 238 g/mol. The number of allylic oxidation sites excluding steroid dienone is 3. The molecule has 19 heavy (non-hydrogen) atoms. The molecule has 1 amide bonds. The number of nitrogens with one attached hydrogen (secondary N) is 1. The number of hydrogen-bond donors (Lipinski definition) is 2. The van der Waals surface area contributed by atoms with Crippen LogP contribution in [0.15, 0.2) is 47.6 Å². The SMILES string of the molecule is CC(C)=CCC/C(C)=C/C(=O)Nc1ccc(O)cc1. The van der Waals surface area contributed by atoms with Crippen molar-refractivity contribution in [3.05, 3.63) is 47.6 Å². The lowest BCUT2D eigenvalue weighted by Gasteiger charge is -2.03. The number of amides is 1. The zero-order valence-corrected chi connectivity index (χ0v) is 11.7. The Hall–Kier alpha value is -2.03. The first kappa shape index (κ1) is 15.0. The zero-order valence-electron chi connectivity index (χ0n) is 11.7. The lowest BCUT2D eigenvalue weighted by Crippen LogP contribution is -2.08. The minimum Gasteiger partial charge on any atom is -0.508 e. The molecule has 0 aliphatic carbocycles. The second-order valence-electron chi connectivity index (χ2n) is 4.85. The first-order valence-electron chi connectivity index (χ1n) is 6.38. The van der Waals surface area contributed by atoms with Crippen LogP contribution in [0.4, 0.5) is 5.69 Å². The van der Waals surface area contributed by atoms with Crippen molar-refractivity contribution >= 4 is 11.6 Å². The maximum atomic E-state index is 11.7. The van der Waals surface area contributed by atoms with E-state index in [1.165, 1.54) is 5.57 Å². The van der Waals surface area contributed by atoms with Crippen molar-refractivity contribution < 1.29 is 9.90 Å². The average molecular weight is 259 g/mol. The number of carbonyl (C=O) groups excluding carboxylic acids is 1. The molecule has 0 radical (unpaired) electrons. The van der Waals surface area contributed by atoms with Gasteiger partial charge >= 0.3 is 0 Å². The molecule has 0 aromatic heterocycles. The molecule has 0 saturated carbocycles. The number of anilines is 1. The predicted octanol–water partition coefficient (Wildman–Crippen LogP) is 4.02. The summed E-state index contributed by atoms with van der Waals surface area (Å²) in [7, 11) is 0. The van der Waals surface area contributed by atoms with Crippen LogP contribution in [-0.4, -0.2) is 11.0 Å². The number of phenols is 1. The van der Waals surface area contributed by atoms with Crippen LogP contribution in [-0.2, 0) is 4.79 Å². The Morgan fingerprint density at radius 2 is 1.84 bits per heavy atom. The largest absolute Gasteiger partial charge is 0.508 e. The van der Waals surface area contributed by atoms with Crippen LogP contribution in [0.1, 0.15) is 33.6 Å². The summed E-state index contributed by atoms with van der Waals surface area (Å²) in [6, 6.07) is 6.42. The first-order chi connectivity index (χ1) is 8.97. The Bertz CT molecular complexity index is 480. The molecule has 0 fully saturated rings. The third-order valence-corrected chi connectivity index (χ3v) is 2.60. The fourth-order valence-electron chi connectivity index (χ4n) is 1.61. The van der Waals surface area contributed by atoms with Crippen LogP contribution in [0.25, 0.3) is 0 Å². The summed E-state index contributed by atoms with van der Waals surface area (Å²) in [6.45, 7) is 6.09. The third kappa shape index (κ3) is 6.46. The van der Waals surface area contributed by atoms with E-state index in [4.69, 9.17) is 5.11 Å². The number of aromatic hydroxyl groups is 1. The number of hydrogen-bond acceptors (Lipinski definition) is 2. The van der Waals surface area contributed by atoms with Gasteiger partial charge in [0.15, 0.2) is 0 Å². The van der Waals surface area contributed by atoms with E-state index in [0.717, 1.165) is 18.4 Å². The summed E-state index contributed by atoms with van der Waals surface area (Å²) in [5, 5.41) is 11.9. The second-order valence-corrected chi connectivity index (χ2v) is 4.85. The van der Waals surface area contributed by atoms with Crippen LogP contribution < -0.4 is 5.32 Å². The van der Waals surface area contributed by atoms with Crippen LogP contribution in [0.2, 0.25) is 0 Å². The molecular formula is C16H21NO2. The van der Waals surface area contributed by atoms with Crippen molar-refractivity contribution in [2.24, 2.45) is 0 Å². The molecule has 0 saturated heterocycles. The zero-order chi connectivity index (χ0) is 14.3. The lowest BCUT2D eigenvalue weighted by molar-refractivity contribution is -0.112. The van der Waals surface area contributed by atoms with E-state index < -0.39 is 0 Å². The van der Waals surface area contributed by atoms with E-state index in [9.17, 15) is 4.79 Å². The molecule has 0 aliphatic heterocycles. The molecule has 0 unspecified atom stereocenters. The van der Waals surface area contributed by atoms with Crippen LogP contribution in [0.5, 0.6) is 5.75 Å². The van der Waals surface area contributed by atoms with Crippen molar-refractivity contribution in [3.63, 3.8) is 0 Å². The van der Waals surface area contributed by atoms with E-state index >= 15 is 0 Å². The first-order valence-corrected chi connectivity index (χ1v) is 6.38. The van der Waals surface area contributed by atoms with Crippen molar-refractivity contribution in [1.82, 2.24) is 0 Å². The van der Waals surface area contributed by atoms with Gasteiger partial charge in [0.05, 0.1) is 0 Å². The van der Waals surface area contributed by atoms with E-state index in [-0.39, 0.29) is 11.7 Å². The highest BCUT2D eigenvalue weighted by molar-refractivity contribution is 5.99. The van der Waals surface area contributed by atoms with Gasteiger partial charge in [-0.05, 0) is 57.9 Å². The van der Waals surface area contributed by atoms with Gasteiger partial charge in [-0.2, -0.15) is 0 Å². The highest BCUT2D eigenvalue weighted by Crippen LogP contribution is 2.14. The molecule has 3 nitrogen and oxygen atoms in total. The smallest absolute Gasteiger partial charge is 0.248 e. The Morgan fingerprint density at radius 3 is 2.42 bits per heavy atom. The second kappa shape index (κ2) is 7.41. The van der Waals surface area contributed by atoms with Crippen LogP contribution in [0, 0.1) is 0 Å². The van der Waals surface area contributed by atoms with E-state index in [1.807, 2.05) is 6.92 Å². The highest BCUT2D eigenvalue weighted by atomic mass is 16.3. The fraction of sp³-hybridized carbons (Fsp3) is 0.312. The predicted molar refractivity (Wildman–Crippen MR) is 79.2 cm³/mol. The molecule has 0 aliphatic rings. The molecule has 1 aromatic carbocycles. The Balaban J connectivity index is 2.49. The van der Waals surface area contributed by atoms with Crippen LogP contribution in [0.3, 0.4) is 0 Å². The number of benzene rings is 1. The molecule has 0 heterocycles. The summed E-state index contributed by atoms with van der Waals surface area (Å²) >= 11 is 0. The summed E-state index contributed by atoms with van der Waals surface area (Å²) in [6.07, 6.45) is 5.62. The van der Waals surface area contributed by atoms with Gasteiger partial charge < -0.3 is 10.4 Å². The van der Waals surface area contributed by atoms with Gasteiger partial charge in [0, 0.05) is 11.8 Å². The molecule has 2 N–H and O–H groups in total. The number of carbonyl (C=O) groups is 1. The third-order valence-electron chi connectivity index (χ3n) is 2.60. The van der Waals surface area contributed by atoms with Gasteiger partial charge in [0.25, 0.3) is 0 Å². The molecule has 102 valence electrons. The van der Waals surface area contributed by atoms with Gasteiger partial charge in [0.1, 0.15) is 5.75 Å². The molecule has 0 atom stereocenters. The topological polar surface area (TPSA) is 49.3 Å². The fourth-order valence-corrected chi connectivity index (χ4v) is 1.61. The standard InChI is InChI=1S/C16H21NO2/c1-12(2)5-4-6-13(3)11-16(19)17-14-7-9-15(18)10-8-14/h5,7-11,18H,4,6H2,1-3H3,(H,17,19)/b13-11+. The van der Waals surface area contributed by atoms with E-state index in [0.29, 0.717) is 5.69 Å². The molecule has 0 spiro atoms. The van der Waals surface area contributed by atoms with Gasteiger partial charge in [-0.1, -0.05) is 17.2 Å². The average Bonchev–Trinajstić information content (AvgIpc) is 2.31. The van der Waals surface area contributed by atoms with Crippen molar-refractivity contribution in [2.75, 3.05) is 5.32 Å². The quantitative estimate of drug-likeness (QED) is 0.476. The maximum Gasteiger partial charge on any atom is 0.248 e. The molecule has 3 heteroatoms. The van der Waals surface area contributed by atoms with E-state index in [2.05, 4.69) is 25.2 Å². The van der Waals surface area contributed by atoms with Crippen molar-refractivity contribution in [1.29, 1.82) is 0 Å². The summed E-state index contributed by atoms with van der Waals surface area (Å²) < 4.78 is 0. The maximum absolute atomic E-state index is 11.7. The normalized spacial score (nSPS) is 11.0. The van der Waals surface area contributed by atoms with Gasteiger partial charge in [-0.15, -0.1) is 0 Å². The minimum absolute atomic E-state index is 0.139. The highest BCUT2D eigenvalue weighted by Gasteiger charge is 1.99. The van der Waals surface area contributed by atoms with Gasteiger partial charge in [-0.3, -0.25) is 4.79 Å². The Labute approximate surface area is 114 Å². The Kier molecular flexibility index (Phi) is 5.86. The molecule has 1 aromatic rings. The van der Waals surface area contributed by atoms with Crippen molar-refractivity contribution in [3.8, 4) is 5.75 Å². The summed E-state index contributed by atoms with van der Waals surface area (Å²) in [4.78, 5) is 11.7. The van der Waals surface area contributed by atoms with Crippen LogP contribution >= 0.6 is 0 Å². The lowest BCUT2D eigenvalue weighted by atomic mass is 10.1. The van der Waals surface area contributed by atoms with E-state index in [1.54, 1.807) is 30.3 Å². The monoisotopic (exact) mass is 259 g/mol. The number of rotatable bonds is 5. The summed E-state index contributed by atoms with van der Waals surface area (Å²) in [5.74, 6) is 0.0480. The van der Waals surface area contributed by atoms with Crippen molar-refractivity contribution in [2.45, 2.75) is 33.6 Å². The molecule has 1 rings (SSSR count). The number of phenolic OH excluding ortho intramolecular Hbond substituents is 1. The minimum atomic E-state index is -0.139. The Morgan fingerprint density at radius 1 is 1.21 bits per heavy atom. The van der Waals surface area contributed by atoms with Gasteiger partial charge in [0.2, 0.25) is 5.91 Å². The molecule has 0 bridgehead atoms. The van der Waals surface area contributed by atoms with Gasteiger partial charge in [-0.25, -0.2) is 0 Å².